The molecule has 0 atom stereocenters. The number of sulfone groups is 1. The molecular formula is C15H17FN2O3S2. The first-order valence-electron chi connectivity index (χ1n) is 7.04. The van der Waals surface area contributed by atoms with Gasteiger partial charge in [0.05, 0.1) is 11.4 Å². The van der Waals surface area contributed by atoms with Crippen LogP contribution in [0.4, 0.5) is 9.52 Å². The Morgan fingerprint density at radius 3 is 2.57 bits per heavy atom. The maximum absolute atomic E-state index is 13.0. The quantitative estimate of drug-likeness (QED) is 0.863. The molecular weight excluding hydrogens is 339 g/mol. The Balaban J connectivity index is 2.12. The van der Waals surface area contributed by atoms with E-state index in [1.165, 1.54) is 23.5 Å². The first-order chi connectivity index (χ1) is 10.8. The fourth-order valence-electron chi connectivity index (χ4n) is 2.06. The van der Waals surface area contributed by atoms with E-state index >= 15 is 0 Å². The number of aromatic nitrogens is 1. The average molecular weight is 356 g/mol. The monoisotopic (exact) mass is 356 g/mol. The number of nitrogens with one attached hydrogen (secondary N) is 1. The maximum Gasteiger partial charge on any atom is 0.241 e. The van der Waals surface area contributed by atoms with Crippen LogP contribution in [0, 0.1) is 12.7 Å². The summed E-state index contributed by atoms with van der Waals surface area (Å²) in [6, 6.07) is 5.89. The van der Waals surface area contributed by atoms with Gasteiger partial charge in [-0.2, -0.15) is 0 Å². The highest BCUT2D eigenvalue weighted by Gasteiger charge is 2.18. The van der Waals surface area contributed by atoms with Gasteiger partial charge in [-0.3, -0.25) is 4.79 Å². The second-order valence-corrected chi connectivity index (χ2v) is 8.46. The van der Waals surface area contributed by atoms with E-state index in [-0.39, 0.29) is 11.6 Å². The molecule has 0 bridgehead atoms. The minimum Gasteiger partial charge on any atom is -0.301 e. The smallest absolute Gasteiger partial charge is 0.241 e. The Bertz CT molecular complexity index is 799. The summed E-state index contributed by atoms with van der Waals surface area (Å²) in [4.78, 5) is 17.0. The van der Waals surface area contributed by atoms with Crippen molar-refractivity contribution < 1.29 is 17.6 Å². The van der Waals surface area contributed by atoms with E-state index in [0.29, 0.717) is 17.2 Å². The number of aryl methyl sites for hydroxylation is 1. The summed E-state index contributed by atoms with van der Waals surface area (Å²) in [5.41, 5.74) is 1.38. The second kappa shape index (κ2) is 7.18. The average Bonchev–Trinajstić information content (AvgIpc) is 2.79. The summed E-state index contributed by atoms with van der Waals surface area (Å²) >= 11 is 1.25. The molecule has 8 heteroatoms. The van der Waals surface area contributed by atoms with Crippen LogP contribution in [0.25, 0.3) is 11.3 Å². The largest absolute Gasteiger partial charge is 0.301 e. The molecule has 2 rings (SSSR count). The number of nitrogens with zero attached hydrogens (tertiary/aromatic N) is 1. The summed E-state index contributed by atoms with van der Waals surface area (Å²) < 4.78 is 36.3. The molecule has 0 saturated carbocycles. The standard InChI is InChI=1S/C15H17FN2O3S2/c1-3-8-23(20,21)9-13(19)17-15-18-14(10(2)22-15)11-4-6-12(16)7-5-11/h4-7H,3,8-9H2,1-2H3,(H,17,18,19). The molecule has 0 spiro atoms. The van der Waals surface area contributed by atoms with E-state index in [0.717, 1.165) is 10.4 Å². The topological polar surface area (TPSA) is 76.1 Å². The van der Waals surface area contributed by atoms with Gasteiger partial charge >= 0.3 is 0 Å². The molecule has 0 saturated heterocycles. The van der Waals surface area contributed by atoms with Crippen LogP contribution in [0.1, 0.15) is 18.2 Å². The lowest BCUT2D eigenvalue weighted by molar-refractivity contribution is -0.113. The fraction of sp³-hybridized carbons (Fsp3) is 0.333. The number of hydrogen-bond donors (Lipinski definition) is 1. The van der Waals surface area contributed by atoms with Crippen molar-refractivity contribution in [3.05, 3.63) is 35.0 Å². The van der Waals surface area contributed by atoms with Crippen LogP contribution in [0.15, 0.2) is 24.3 Å². The number of hydrogen-bond acceptors (Lipinski definition) is 5. The molecule has 23 heavy (non-hydrogen) atoms. The van der Waals surface area contributed by atoms with Gasteiger partial charge in [0.1, 0.15) is 11.6 Å². The van der Waals surface area contributed by atoms with E-state index in [9.17, 15) is 17.6 Å². The van der Waals surface area contributed by atoms with E-state index in [1.807, 2.05) is 6.92 Å². The summed E-state index contributed by atoms with van der Waals surface area (Å²) in [5, 5.41) is 2.85. The number of anilines is 1. The van der Waals surface area contributed by atoms with Gasteiger partial charge in [-0.1, -0.05) is 6.92 Å². The predicted octanol–water partition coefficient (Wildman–Crippen LogP) is 3.02. The van der Waals surface area contributed by atoms with E-state index in [1.54, 1.807) is 19.1 Å². The fourth-order valence-corrected chi connectivity index (χ4v) is 4.15. The molecule has 1 aromatic carbocycles. The van der Waals surface area contributed by atoms with Crippen molar-refractivity contribution in [2.24, 2.45) is 0 Å². The number of carbonyl (C=O) groups excluding carboxylic acids is 1. The highest BCUT2D eigenvalue weighted by molar-refractivity contribution is 7.92. The summed E-state index contributed by atoms with van der Waals surface area (Å²) in [6.07, 6.45) is 0.473. The first-order valence-corrected chi connectivity index (χ1v) is 9.68. The highest BCUT2D eigenvalue weighted by atomic mass is 32.2. The third-order valence-corrected chi connectivity index (χ3v) is 5.65. The molecule has 1 heterocycles. The van der Waals surface area contributed by atoms with Crippen molar-refractivity contribution >= 4 is 32.2 Å². The predicted molar refractivity (Wildman–Crippen MR) is 89.8 cm³/mol. The van der Waals surface area contributed by atoms with Gasteiger partial charge in [-0.25, -0.2) is 17.8 Å². The molecule has 0 aliphatic carbocycles. The number of carbonyl (C=O) groups is 1. The molecule has 0 radical (unpaired) electrons. The Morgan fingerprint density at radius 2 is 1.96 bits per heavy atom. The normalized spacial score (nSPS) is 11.4. The van der Waals surface area contributed by atoms with Crippen LogP contribution < -0.4 is 5.32 Å². The van der Waals surface area contributed by atoms with E-state index in [2.05, 4.69) is 10.3 Å². The van der Waals surface area contributed by atoms with Gasteiger partial charge < -0.3 is 5.32 Å². The van der Waals surface area contributed by atoms with Gasteiger partial charge in [0, 0.05) is 10.4 Å². The zero-order chi connectivity index (χ0) is 17.0. The zero-order valence-electron chi connectivity index (χ0n) is 12.8. The Labute approximate surface area is 138 Å². The van der Waals surface area contributed by atoms with Crippen molar-refractivity contribution in [3.8, 4) is 11.3 Å². The van der Waals surface area contributed by atoms with Crippen LogP contribution in [0.2, 0.25) is 0 Å². The van der Waals surface area contributed by atoms with Crippen molar-refractivity contribution in [2.75, 3.05) is 16.8 Å². The molecule has 2 aromatic rings. The van der Waals surface area contributed by atoms with E-state index < -0.39 is 21.5 Å². The van der Waals surface area contributed by atoms with Crippen molar-refractivity contribution in [1.82, 2.24) is 4.98 Å². The molecule has 124 valence electrons. The van der Waals surface area contributed by atoms with Gasteiger partial charge in [-0.15, -0.1) is 11.3 Å². The first kappa shape index (κ1) is 17.6. The van der Waals surface area contributed by atoms with Crippen LogP contribution in [0.5, 0.6) is 0 Å². The lowest BCUT2D eigenvalue weighted by Crippen LogP contribution is -2.24. The van der Waals surface area contributed by atoms with Gasteiger partial charge in [-0.05, 0) is 37.6 Å². The third kappa shape index (κ3) is 4.84. The Morgan fingerprint density at radius 1 is 1.30 bits per heavy atom. The third-order valence-electron chi connectivity index (χ3n) is 3.03. The summed E-state index contributed by atoms with van der Waals surface area (Å²) in [5.74, 6) is -1.50. The van der Waals surface area contributed by atoms with Crippen LogP contribution in [0.3, 0.4) is 0 Å². The zero-order valence-corrected chi connectivity index (χ0v) is 14.4. The number of rotatable bonds is 6. The molecule has 0 unspecified atom stereocenters. The second-order valence-electron chi connectivity index (χ2n) is 5.07. The van der Waals surface area contributed by atoms with Crippen molar-refractivity contribution in [3.63, 3.8) is 0 Å². The maximum atomic E-state index is 13.0. The minimum absolute atomic E-state index is 0.0157. The number of benzene rings is 1. The van der Waals surface area contributed by atoms with Crippen LogP contribution >= 0.6 is 11.3 Å². The van der Waals surface area contributed by atoms with Gasteiger partial charge in [0.25, 0.3) is 0 Å². The van der Waals surface area contributed by atoms with Crippen LogP contribution in [-0.4, -0.2) is 30.8 Å². The number of halogens is 1. The number of thiazole rings is 1. The lowest BCUT2D eigenvalue weighted by atomic mass is 10.1. The number of amides is 1. The minimum atomic E-state index is -3.39. The Hall–Kier alpha value is -1.80. The molecule has 1 amide bonds. The SMILES string of the molecule is CCCS(=O)(=O)CC(=O)Nc1nc(-c2ccc(F)cc2)c(C)s1. The summed E-state index contributed by atoms with van der Waals surface area (Å²) in [6.45, 7) is 3.58. The van der Waals surface area contributed by atoms with E-state index in [4.69, 9.17) is 0 Å². The van der Waals surface area contributed by atoms with Gasteiger partial charge in [0.15, 0.2) is 15.0 Å². The van der Waals surface area contributed by atoms with Crippen LogP contribution in [-0.2, 0) is 14.6 Å². The molecule has 0 aliphatic rings. The lowest BCUT2D eigenvalue weighted by Gasteiger charge is -2.02. The van der Waals surface area contributed by atoms with Gasteiger partial charge in [0.2, 0.25) is 5.91 Å². The molecule has 5 nitrogen and oxygen atoms in total. The Kier molecular flexibility index (Phi) is 5.48. The summed E-state index contributed by atoms with van der Waals surface area (Å²) in [7, 11) is -3.39. The molecule has 0 fully saturated rings. The molecule has 1 aromatic heterocycles. The van der Waals surface area contributed by atoms with Crippen molar-refractivity contribution in [2.45, 2.75) is 20.3 Å². The molecule has 0 aliphatic heterocycles. The molecule has 1 N–H and O–H groups in total. The van der Waals surface area contributed by atoms with Crippen molar-refractivity contribution in [1.29, 1.82) is 0 Å². The highest BCUT2D eigenvalue weighted by Crippen LogP contribution is 2.30.